The summed E-state index contributed by atoms with van der Waals surface area (Å²) in [5.74, 6) is 0.229. The number of nitrogen functional groups attached to an aromatic ring is 1. The molecule has 0 fully saturated rings. The summed E-state index contributed by atoms with van der Waals surface area (Å²) in [6, 6.07) is 0. The van der Waals surface area contributed by atoms with E-state index < -0.39 is 20.2 Å². The number of hydrogen-bond donors (Lipinski definition) is 4. The summed E-state index contributed by atoms with van der Waals surface area (Å²) in [5, 5.41) is 8.92. The highest BCUT2D eigenvalue weighted by atomic mass is 31.2. The van der Waals surface area contributed by atoms with Crippen molar-refractivity contribution in [3.63, 3.8) is 0 Å². The number of fused-ring (bicyclic) bond motifs is 1. The minimum absolute atomic E-state index is 0.0431. The van der Waals surface area contributed by atoms with Crippen LogP contribution in [0, 0.1) is 0 Å². The molecule has 0 bridgehead atoms. The molecule has 11 nitrogen and oxygen atoms in total. The van der Waals surface area contributed by atoms with Crippen molar-refractivity contribution in [3.8, 4) is 0 Å². The molecule has 2 aromatic heterocycles. The Balaban J connectivity index is 2.10. The molecule has 0 saturated heterocycles. The van der Waals surface area contributed by atoms with Crippen LogP contribution in [0.2, 0.25) is 0 Å². The van der Waals surface area contributed by atoms with Crippen molar-refractivity contribution in [2.24, 2.45) is 0 Å². The van der Waals surface area contributed by atoms with Crippen molar-refractivity contribution in [1.29, 1.82) is 0 Å². The molecule has 12 heteroatoms. The van der Waals surface area contributed by atoms with Gasteiger partial charge in [0.15, 0.2) is 11.5 Å². The predicted molar refractivity (Wildman–Crippen MR) is 79.3 cm³/mol. The summed E-state index contributed by atoms with van der Waals surface area (Å²) in [5.41, 5.74) is 6.59. The molecule has 0 aliphatic rings. The Kier molecular flexibility index (Phi) is 5.99. The lowest BCUT2D eigenvalue weighted by Crippen LogP contribution is -2.17. The number of anilines is 1. The number of hydrogen-bond acceptors (Lipinski definition) is 8. The lowest BCUT2D eigenvalue weighted by Gasteiger charge is -2.19. The predicted octanol–water partition coefficient (Wildman–Crippen LogP) is -0.542. The van der Waals surface area contributed by atoms with Gasteiger partial charge < -0.3 is 30.1 Å². The van der Waals surface area contributed by atoms with Gasteiger partial charge in [-0.05, 0) is 0 Å². The number of aliphatic hydroxyl groups is 1. The van der Waals surface area contributed by atoms with E-state index in [1.807, 2.05) is 0 Å². The third-order valence-corrected chi connectivity index (χ3v) is 3.39. The molecule has 1 unspecified atom stereocenters. The zero-order valence-electron chi connectivity index (χ0n) is 12.1. The third-order valence-electron chi connectivity index (χ3n) is 2.87. The molecule has 2 aromatic rings. The quantitative estimate of drug-likeness (QED) is 0.341. The monoisotopic (exact) mass is 347 g/mol. The number of nitrogens with zero attached hydrogens (tertiary/aromatic N) is 4. The van der Waals surface area contributed by atoms with Gasteiger partial charge in [0.2, 0.25) is 0 Å². The van der Waals surface area contributed by atoms with Crippen LogP contribution < -0.4 is 5.73 Å². The highest BCUT2D eigenvalue weighted by Crippen LogP contribution is 2.34. The summed E-state index contributed by atoms with van der Waals surface area (Å²) in [6.45, 7) is -0.0611. The minimum atomic E-state index is -4.21. The minimum Gasteiger partial charge on any atom is -0.394 e. The maximum absolute atomic E-state index is 10.7. The first kappa shape index (κ1) is 17.7. The van der Waals surface area contributed by atoms with E-state index in [-0.39, 0.29) is 32.1 Å². The Morgan fingerprint density at radius 2 is 2.09 bits per heavy atom. The number of aromatic nitrogens is 4. The first-order valence-electron chi connectivity index (χ1n) is 6.70. The normalized spacial score (nSPS) is 13.5. The van der Waals surface area contributed by atoms with Crippen molar-refractivity contribution in [1.82, 2.24) is 19.5 Å². The van der Waals surface area contributed by atoms with Crippen LogP contribution in [0.3, 0.4) is 0 Å². The maximum atomic E-state index is 10.7. The van der Waals surface area contributed by atoms with Gasteiger partial charge in [0, 0.05) is 6.42 Å². The second-order valence-electron chi connectivity index (χ2n) is 4.62. The van der Waals surface area contributed by atoms with Crippen LogP contribution in [0.4, 0.5) is 5.82 Å². The lowest BCUT2D eigenvalue weighted by molar-refractivity contribution is -0.0314. The number of aliphatic hydroxyl groups excluding tert-OH is 1. The molecule has 0 spiro atoms. The Labute approximate surface area is 131 Å². The molecule has 0 radical (unpaired) electrons. The van der Waals surface area contributed by atoms with Crippen LogP contribution in [0.5, 0.6) is 0 Å². The molecule has 2 heterocycles. The highest BCUT2D eigenvalue weighted by molar-refractivity contribution is 7.51. The van der Waals surface area contributed by atoms with Crippen LogP contribution >= 0.6 is 7.60 Å². The number of nitrogens with two attached hydrogens (primary N) is 1. The number of imidazole rings is 1. The van der Waals surface area contributed by atoms with Gasteiger partial charge in [0.1, 0.15) is 24.4 Å². The second kappa shape index (κ2) is 7.77. The Morgan fingerprint density at radius 3 is 2.78 bits per heavy atom. The molecule has 128 valence electrons. The molecule has 0 saturated carbocycles. The smallest absolute Gasteiger partial charge is 0.350 e. The molecule has 5 N–H and O–H groups in total. The van der Waals surface area contributed by atoms with Crippen molar-refractivity contribution in [2.45, 2.75) is 12.6 Å². The highest BCUT2D eigenvalue weighted by Gasteiger charge is 2.18. The Hall–Kier alpha value is -1.62. The van der Waals surface area contributed by atoms with E-state index in [1.54, 1.807) is 4.57 Å². The van der Waals surface area contributed by atoms with Crippen molar-refractivity contribution >= 4 is 24.6 Å². The van der Waals surface area contributed by atoms with Crippen molar-refractivity contribution < 1.29 is 28.9 Å². The van der Waals surface area contributed by atoms with Gasteiger partial charge in [-0.2, -0.15) is 0 Å². The van der Waals surface area contributed by atoms with Crippen LogP contribution in [0.1, 0.15) is 12.6 Å². The number of rotatable bonds is 9. The first-order chi connectivity index (χ1) is 10.9. The van der Waals surface area contributed by atoms with Crippen LogP contribution in [0.25, 0.3) is 11.2 Å². The van der Waals surface area contributed by atoms with E-state index in [9.17, 15) is 4.57 Å². The molecule has 0 aliphatic heterocycles. The summed E-state index contributed by atoms with van der Waals surface area (Å²) >= 11 is 0. The standard InChI is InChI=1S/C11H18N5O6P/c12-10-9-11(14-5-13-10)16(6-15-9)8(22-4-2-17)1-3-21-7-23(18,19)20/h5-6,8,17H,1-4,7H2,(H2,12,13,14)(H2,18,19,20). The average molecular weight is 347 g/mol. The van der Waals surface area contributed by atoms with Gasteiger partial charge in [0.05, 0.1) is 26.1 Å². The lowest BCUT2D eigenvalue weighted by atomic mass is 10.4. The van der Waals surface area contributed by atoms with Crippen molar-refractivity contribution in [3.05, 3.63) is 12.7 Å². The molecule has 2 rings (SSSR count). The molecule has 23 heavy (non-hydrogen) atoms. The SMILES string of the molecule is Nc1ncnc2c1ncn2C(CCOCP(=O)(O)O)OCCO. The van der Waals surface area contributed by atoms with E-state index >= 15 is 0 Å². The fourth-order valence-corrected chi connectivity index (χ4v) is 2.31. The molecule has 0 aliphatic carbocycles. The van der Waals surface area contributed by atoms with E-state index in [2.05, 4.69) is 15.0 Å². The fraction of sp³-hybridized carbons (Fsp3) is 0.545. The Bertz CT molecular complexity index is 689. The van der Waals surface area contributed by atoms with Crippen molar-refractivity contribution in [2.75, 3.05) is 31.9 Å². The maximum Gasteiger partial charge on any atom is 0.350 e. The van der Waals surface area contributed by atoms with Gasteiger partial charge in [-0.15, -0.1) is 0 Å². The summed E-state index contributed by atoms with van der Waals surface area (Å²) in [6.07, 6.45) is 1.79. The molecule has 0 amide bonds. The van der Waals surface area contributed by atoms with Gasteiger partial charge in [-0.25, -0.2) is 15.0 Å². The molecule has 1 atom stereocenters. The van der Waals surface area contributed by atoms with Crippen LogP contribution in [-0.2, 0) is 14.0 Å². The van der Waals surface area contributed by atoms with Gasteiger partial charge in [-0.1, -0.05) is 0 Å². The average Bonchev–Trinajstić information content (AvgIpc) is 2.91. The van der Waals surface area contributed by atoms with Gasteiger partial charge in [-0.3, -0.25) is 9.13 Å². The third kappa shape index (κ3) is 4.93. The van der Waals surface area contributed by atoms with E-state index in [1.165, 1.54) is 12.7 Å². The summed E-state index contributed by atoms with van der Waals surface area (Å²) in [4.78, 5) is 29.6. The fourth-order valence-electron chi connectivity index (χ4n) is 1.94. The van der Waals surface area contributed by atoms with Gasteiger partial charge >= 0.3 is 7.60 Å². The molecular formula is C11H18N5O6P. The Morgan fingerprint density at radius 1 is 1.30 bits per heavy atom. The van der Waals surface area contributed by atoms with E-state index in [4.69, 9.17) is 30.1 Å². The van der Waals surface area contributed by atoms with Crippen LogP contribution in [0.15, 0.2) is 12.7 Å². The zero-order valence-corrected chi connectivity index (χ0v) is 13.0. The molecular weight excluding hydrogens is 329 g/mol. The largest absolute Gasteiger partial charge is 0.394 e. The second-order valence-corrected chi connectivity index (χ2v) is 6.21. The number of ether oxygens (including phenoxy) is 2. The zero-order chi connectivity index (χ0) is 16.9. The van der Waals surface area contributed by atoms with E-state index in [0.717, 1.165) is 0 Å². The first-order valence-corrected chi connectivity index (χ1v) is 8.50. The topological polar surface area (TPSA) is 166 Å². The summed E-state index contributed by atoms with van der Waals surface area (Å²) in [7, 11) is -4.21. The summed E-state index contributed by atoms with van der Waals surface area (Å²) < 4.78 is 22.8. The van der Waals surface area contributed by atoms with E-state index in [0.29, 0.717) is 11.2 Å². The van der Waals surface area contributed by atoms with Crippen LogP contribution in [-0.4, -0.2) is 60.6 Å². The molecule has 0 aromatic carbocycles. The van der Waals surface area contributed by atoms with Gasteiger partial charge in [0.25, 0.3) is 0 Å².